The highest BCUT2D eigenvalue weighted by molar-refractivity contribution is 7.19. The quantitative estimate of drug-likeness (QED) is 0.368. The first-order valence-electron chi connectivity index (χ1n) is 8.41. The maximum atomic E-state index is 12.5. The molecule has 0 spiro atoms. The smallest absolute Gasteiger partial charge is 0.341 e. The van der Waals surface area contributed by atoms with E-state index < -0.39 is 16.8 Å². The van der Waals surface area contributed by atoms with Gasteiger partial charge in [0.15, 0.2) is 0 Å². The number of thiophene rings is 1. The fourth-order valence-corrected chi connectivity index (χ4v) is 3.40. The van der Waals surface area contributed by atoms with E-state index in [1.807, 2.05) is 42.5 Å². The SMILES string of the molecule is CCOC(=O)c1cc([N+](=O)[O-])sc1NC(=O)c1ccc(-c2ccccc2)cc1. The normalized spacial score (nSPS) is 10.3. The number of amides is 1. The van der Waals surface area contributed by atoms with Crippen molar-refractivity contribution in [3.8, 4) is 11.1 Å². The Morgan fingerprint density at radius 1 is 1.07 bits per heavy atom. The van der Waals surface area contributed by atoms with Gasteiger partial charge < -0.3 is 10.1 Å². The third-order valence-electron chi connectivity index (χ3n) is 3.88. The first-order valence-corrected chi connectivity index (χ1v) is 9.23. The van der Waals surface area contributed by atoms with Crippen LogP contribution < -0.4 is 5.32 Å². The predicted molar refractivity (Wildman–Crippen MR) is 107 cm³/mol. The second-order valence-electron chi connectivity index (χ2n) is 5.70. The Balaban J connectivity index is 1.82. The highest BCUT2D eigenvalue weighted by Gasteiger charge is 2.24. The third-order valence-corrected chi connectivity index (χ3v) is 4.88. The van der Waals surface area contributed by atoms with Crippen LogP contribution in [0.15, 0.2) is 60.7 Å². The van der Waals surface area contributed by atoms with Gasteiger partial charge in [-0.05, 0) is 41.5 Å². The summed E-state index contributed by atoms with van der Waals surface area (Å²) in [5.41, 5.74) is 2.31. The van der Waals surface area contributed by atoms with E-state index in [0.29, 0.717) is 16.9 Å². The minimum atomic E-state index is -0.721. The van der Waals surface area contributed by atoms with E-state index in [0.717, 1.165) is 17.2 Å². The molecule has 0 saturated heterocycles. The molecule has 1 aromatic heterocycles. The van der Waals surface area contributed by atoms with Crippen LogP contribution in [0, 0.1) is 10.1 Å². The Kier molecular flexibility index (Phi) is 5.81. The number of benzene rings is 2. The first-order chi connectivity index (χ1) is 13.5. The minimum absolute atomic E-state index is 0.0344. The molecule has 0 aliphatic heterocycles. The van der Waals surface area contributed by atoms with Crippen LogP contribution in [-0.4, -0.2) is 23.4 Å². The van der Waals surface area contributed by atoms with Gasteiger partial charge in [-0.15, -0.1) is 0 Å². The minimum Gasteiger partial charge on any atom is -0.462 e. The lowest BCUT2D eigenvalue weighted by Gasteiger charge is -2.07. The van der Waals surface area contributed by atoms with Crippen LogP contribution in [0.1, 0.15) is 27.6 Å². The van der Waals surface area contributed by atoms with Gasteiger partial charge in [0.25, 0.3) is 5.91 Å². The maximum Gasteiger partial charge on any atom is 0.341 e. The van der Waals surface area contributed by atoms with Gasteiger partial charge in [0.1, 0.15) is 10.6 Å². The van der Waals surface area contributed by atoms with Crippen molar-refractivity contribution in [3.05, 3.63) is 81.9 Å². The second-order valence-corrected chi connectivity index (χ2v) is 6.73. The Morgan fingerprint density at radius 2 is 1.71 bits per heavy atom. The summed E-state index contributed by atoms with van der Waals surface area (Å²) in [6.45, 7) is 1.75. The molecule has 0 fully saturated rings. The number of hydrogen-bond donors (Lipinski definition) is 1. The molecule has 0 aliphatic carbocycles. The summed E-state index contributed by atoms with van der Waals surface area (Å²) in [6.07, 6.45) is 0. The zero-order valence-electron chi connectivity index (χ0n) is 14.9. The lowest BCUT2D eigenvalue weighted by molar-refractivity contribution is -0.380. The number of rotatable bonds is 6. The standard InChI is InChI=1S/C20H16N2O5S/c1-2-27-20(24)16-12-17(22(25)26)28-19(16)21-18(23)15-10-8-14(9-11-15)13-6-4-3-5-7-13/h3-12H,2H2,1H3,(H,21,23). The average molecular weight is 396 g/mol. The summed E-state index contributed by atoms with van der Waals surface area (Å²) in [7, 11) is 0. The third kappa shape index (κ3) is 4.24. The highest BCUT2D eigenvalue weighted by Crippen LogP contribution is 2.34. The average Bonchev–Trinajstić information content (AvgIpc) is 3.13. The fourth-order valence-electron chi connectivity index (χ4n) is 2.54. The number of nitrogens with zero attached hydrogens (tertiary/aromatic N) is 1. The molecule has 1 N–H and O–H groups in total. The summed E-state index contributed by atoms with van der Waals surface area (Å²) < 4.78 is 4.91. The van der Waals surface area contributed by atoms with E-state index in [1.165, 1.54) is 0 Å². The van der Waals surface area contributed by atoms with Crippen LogP contribution in [-0.2, 0) is 4.74 Å². The van der Waals surface area contributed by atoms with Gasteiger partial charge in [-0.3, -0.25) is 14.9 Å². The van der Waals surface area contributed by atoms with Gasteiger partial charge >= 0.3 is 11.0 Å². The molecule has 8 heteroatoms. The molecular formula is C20H16N2O5S. The van der Waals surface area contributed by atoms with Gasteiger partial charge in [0.2, 0.25) is 0 Å². The van der Waals surface area contributed by atoms with Crippen molar-refractivity contribution >= 4 is 33.2 Å². The zero-order valence-corrected chi connectivity index (χ0v) is 15.7. The summed E-state index contributed by atoms with van der Waals surface area (Å²) in [5, 5.41) is 13.4. The van der Waals surface area contributed by atoms with Crippen LogP contribution in [0.5, 0.6) is 0 Å². The van der Waals surface area contributed by atoms with E-state index in [2.05, 4.69) is 5.32 Å². The molecule has 0 radical (unpaired) electrons. The van der Waals surface area contributed by atoms with Gasteiger partial charge in [0.05, 0.1) is 11.5 Å². The van der Waals surface area contributed by atoms with Crippen molar-refractivity contribution in [2.24, 2.45) is 0 Å². The van der Waals surface area contributed by atoms with Crippen molar-refractivity contribution in [2.45, 2.75) is 6.92 Å². The molecule has 7 nitrogen and oxygen atoms in total. The van der Waals surface area contributed by atoms with Crippen LogP contribution in [0.2, 0.25) is 0 Å². The molecule has 1 amide bonds. The molecule has 0 bridgehead atoms. The van der Waals surface area contributed by atoms with Crippen LogP contribution >= 0.6 is 11.3 Å². The number of carbonyl (C=O) groups excluding carboxylic acids is 2. The van der Waals surface area contributed by atoms with E-state index in [-0.39, 0.29) is 22.2 Å². The van der Waals surface area contributed by atoms with E-state index in [1.54, 1.807) is 19.1 Å². The molecule has 3 rings (SSSR count). The number of ether oxygens (including phenoxy) is 1. The molecule has 142 valence electrons. The Bertz CT molecular complexity index is 1010. The molecule has 1 heterocycles. The fraction of sp³-hybridized carbons (Fsp3) is 0.100. The largest absolute Gasteiger partial charge is 0.462 e. The lowest BCUT2D eigenvalue weighted by atomic mass is 10.0. The summed E-state index contributed by atoms with van der Waals surface area (Å²) >= 11 is 0.713. The van der Waals surface area contributed by atoms with Crippen molar-refractivity contribution < 1.29 is 19.2 Å². The summed E-state index contributed by atoms with van der Waals surface area (Å²) in [6, 6.07) is 17.8. The van der Waals surface area contributed by atoms with Crippen molar-refractivity contribution in [1.29, 1.82) is 0 Å². The summed E-state index contributed by atoms with van der Waals surface area (Å²) in [5.74, 6) is -1.19. The van der Waals surface area contributed by atoms with Crippen LogP contribution in [0.25, 0.3) is 11.1 Å². The van der Waals surface area contributed by atoms with E-state index in [9.17, 15) is 19.7 Å². The summed E-state index contributed by atoms with van der Waals surface area (Å²) in [4.78, 5) is 35.0. The Labute approximate surface area is 164 Å². The number of nitro groups is 1. The van der Waals surface area contributed by atoms with Crippen molar-refractivity contribution in [3.63, 3.8) is 0 Å². The molecule has 0 atom stereocenters. The number of nitrogens with one attached hydrogen (secondary N) is 1. The number of hydrogen-bond acceptors (Lipinski definition) is 6. The molecule has 0 saturated carbocycles. The van der Waals surface area contributed by atoms with Crippen LogP contribution in [0.4, 0.5) is 10.0 Å². The van der Waals surface area contributed by atoms with Gasteiger partial charge in [0, 0.05) is 11.6 Å². The van der Waals surface area contributed by atoms with Gasteiger partial charge in [-0.1, -0.05) is 42.5 Å². The Morgan fingerprint density at radius 3 is 2.32 bits per heavy atom. The van der Waals surface area contributed by atoms with Crippen molar-refractivity contribution in [1.82, 2.24) is 0 Å². The molecule has 0 aliphatic rings. The van der Waals surface area contributed by atoms with E-state index >= 15 is 0 Å². The van der Waals surface area contributed by atoms with Gasteiger partial charge in [-0.25, -0.2) is 4.79 Å². The number of esters is 1. The molecule has 2 aromatic carbocycles. The second kappa shape index (κ2) is 8.45. The first kappa shape index (κ1) is 19.2. The van der Waals surface area contributed by atoms with E-state index in [4.69, 9.17) is 4.74 Å². The Hall–Kier alpha value is -3.52. The highest BCUT2D eigenvalue weighted by atomic mass is 32.1. The molecular weight excluding hydrogens is 380 g/mol. The topological polar surface area (TPSA) is 98.5 Å². The monoisotopic (exact) mass is 396 g/mol. The molecule has 0 unspecified atom stereocenters. The van der Waals surface area contributed by atoms with Crippen molar-refractivity contribution in [2.75, 3.05) is 11.9 Å². The maximum absolute atomic E-state index is 12.5. The van der Waals surface area contributed by atoms with Crippen LogP contribution in [0.3, 0.4) is 0 Å². The number of carbonyl (C=O) groups is 2. The number of anilines is 1. The van der Waals surface area contributed by atoms with Gasteiger partial charge in [-0.2, -0.15) is 0 Å². The zero-order chi connectivity index (χ0) is 20.1. The molecule has 3 aromatic rings. The molecule has 28 heavy (non-hydrogen) atoms. The predicted octanol–water partition coefficient (Wildman–Crippen LogP) is 4.75. The lowest BCUT2D eigenvalue weighted by Crippen LogP contribution is -2.14.